The predicted octanol–water partition coefficient (Wildman–Crippen LogP) is 4.86. The van der Waals surface area contributed by atoms with Crippen molar-refractivity contribution in [2.75, 3.05) is 0 Å². The number of fused-ring (bicyclic) bond motifs is 1. The molecule has 0 heterocycles. The quantitative estimate of drug-likeness (QED) is 0.255. The summed E-state index contributed by atoms with van der Waals surface area (Å²) in [6.07, 6.45) is 0. The van der Waals surface area contributed by atoms with E-state index >= 15 is 0 Å². The number of benzene rings is 5. The standard InChI is InChI=1S/C34H33AsSe/c1-22-18-24(3)33(25(4)19-22)35(34-26(5)20-23(2)21-27(34)6)30-16-10-12-28-13-11-17-31(32(28)30)36-29-14-8-7-9-15-29/h7-21H,1-6H3. The second-order valence-corrected chi connectivity index (χ2v) is 16.5. The Hall–Kier alpha value is -2.56. The topological polar surface area (TPSA) is 0 Å². The average Bonchev–Trinajstić information content (AvgIpc) is 2.82. The van der Waals surface area contributed by atoms with Crippen molar-refractivity contribution in [3.8, 4) is 0 Å². The van der Waals surface area contributed by atoms with Crippen molar-refractivity contribution in [2.45, 2.75) is 41.5 Å². The summed E-state index contributed by atoms with van der Waals surface area (Å²) in [5.41, 5.74) is 8.46. The van der Waals surface area contributed by atoms with Crippen LogP contribution in [0, 0.1) is 41.5 Å². The van der Waals surface area contributed by atoms with Crippen molar-refractivity contribution in [3.63, 3.8) is 0 Å². The van der Waals surface area contributed by atoms with Crippen molar-refractivity contribution in [1.29, 1.82) is 0 Å². The maximum absolute atomic E-state index is 2.45. The van der Waals surface area contributed by atoms with Crippen LogP contribution in [0.1, 0.15) is 33.4 Å². The minimum absolute atomic E-state index is 0.256. The molecule has 180 valence electrons. The number of rotatable bonds is 5. The molecule has 0 spiro atoms. The first-order valence-corrected chi connectivity index (χ1v) is 17.1. The molecule has 0 fully saturated rings. The SMILES string of the molecule is Cc1cc(C)c([As](c2c(C)cc(C)cc2C)c2cccc3cccc([Se]c4ccccc4)c23)c(C)c1. The Bertz CT molecular complexity index is 1460. The van der Waals surface area contributed by atoms with E-state index in [9.17, 15) is 0 Å². The van der Waals surface area contributed by atoms with Crippen LogP contribution in [0.3, 0.4) is 0 Å². The summed E-state index contributed by atoms with van der Waals surface area (Å²) < 4.78 is 7.68. The molecule has 0 saturated carbocycles. The Morgan fingerprint density at radius 1 is 0.528 bits per heavy atom. The fraction of sp³-hybridized carbons (Fsp3) is 0.176. The van der Waals surface area contributed by atoms with E-state index in [1.54, 1.807) is 13.1 Å². The van der Waals surface area contributed by atoms with E-state index in [1.807, 2.05) is 0 Å². The summed E-state index contributed by atoms with van der Waals surface area (Å²) in [7, 11) is 0. The molecule has 5 rings (SSSR count). The molecule has 0 bridgehead atoms. The van der Waals surface area contributed by atoms with Crippen molar-refractivity contribution in [2.24, 2.45) is 0 Å². The molecule has 36 heavy (non-hydrogen) atoms. The van der Waals surface area contributed by atoms with Gasteiger partial charge in [0.15, 0.2) is 0 Å². The van der Waals surface area contributed by atoms with Gasteiger partial charge < -0.3 is 0 Å². The fourth-order valence-corrected chi connectivity index (χ4v) is 14.6. The Labute approximate surface area is 227 Å². The average molecular weight is 596 g/mol. The van der Waals surface area contributed by atoms with Gasteiger partial charge in [0.25, 0.3) is 0 Å². The third kappa shape index (κ3) is 4.86. The molecule has 0 aliphatic carbocycles. The predicted molar refractivity (Wildman–Crippen MR) is 161 cm³/mol. The summed E-state index contributed by atoms with van der Waals surface area (Å²) in [5, 5.41) is 2.86. The van der Waals surface area contributed by atoms with Gasteiger partial charge in [-0.15, -0.1) is 0 Å². The Morgan fingerprint density at radius 2 is 1.03 bits per heavy atom. The molecule has 0 aliphatic heterocycles. The summed E-state index contributed by atoms with van der Waals surface area (Å²) in [6.45, 7) is 13.8. The van der Waals surface area contributed by atoms with Crippen LogP contribution >= 0.6 is 0 Å². The monoisotopic (exact) mass is 596 g/mol. The van der Waals surface area contributed by atoms with Crippen LogP contribution in [0.15, 0.2) is 91.0 Å². The van der Waals surface area contributed by atoms with E-state index in [1.165, 1.54) is 53.1 Å². The molecule has 0 nitrogen and oxygen atoms in total. The summed E-state index contributed by atoms with van der Waals surface area (Å²) in [4.78, 5) is 0. The molecule has 0 saturated heterocycles. The zero-order valence-electron chi connectivity index (χ0n) is 22.0. The van der Waals surface area contributed by atoms with E-state index in [2.05, 4.69) is 133 Å². The summed E-state index contributed by atoms with van der Waals surface area (Å²) >= 11 is -1.63. The van der Waals surface area contributed by atoms with Crippen LogP contribution in [-0.4, -0.2) is 29.6 Å². The van der Waals surface area contributed by atoms with Gasteiger partial charge in [0.1, 0.15) is 0 Å². The van der Waals surface area contributed by atoms with Gasteiger partial charge >= 0.3 is 228 Å². The molecule has 0 aliphatic rings. The van der Waals surface area contributed by atoms with Crippen LogP contribution in [0.25, 0.3) is 10.8 Å². The van der Waals surface area contributed by atoms with Crippen molar-refractivity contribution >= 4 is 62.4 Å². The van der Waals surface area contributed by atoms with Gasteiger partial charge in [-0.3, -0.25) is 0 Å². The van der Waals surface area contributed by atoms with Gasteiger partial charge in [-0.05, 0) is 0 Å². The normalized spacial score (nSPS) is 11.4. The molecule has 0 amide bonds. The summed E-state index contributed by atoms with van der Waals surface area (Å²) in [5.74, 6) is 0. The molecule has 0 radical (unpaired) electrons. The zero-order chi connectivity index (χ0) is 25.4. The second-order valence-electron chi connectivity index (χ2n) is 9.88. The van der Waals surface area contributed by atoms with Crippen LogP contribution in [0.5, 0.6) is 0 Å². The van der Waals surface area contributed by atoms with Crippen molar-refractivity contribution in [3.05, 3.63) is 124 Å². The molecule has 5 aromatic rings. The van der Waals surface area contributed by atoms with Gasteiger partial charge in [0, 0.05) is 0 Å². The molecule has 0 atom stereocenters. The van der Waals surface area contributed by atoms with Crippen LogP contribution < -0.4 is 22.0 Å². The van der Waals surface area contributed by atoms with Crippen molar-refractivity contribution < 1.29 is 0 Å². The van der Waals surface area contributed by atoms with E-state index < -0.39 is 14.7 Å². The first-order chi connectivity index (χ1) is 17.3. The first kappa shape index (κ1) is 25.1. The first-order valence-electron chi connectivity index (χ1n) is 12.5. The zero-order valence-corrected chi connectivity index (χ0v) is 25.6. The van der Waals surface area contributed by atoms with Gasteiger partial charge in [0.2, 0.25) is 0 Å². The fourth-order valence-electron chi connectivity index (χ4n) is 5.58. The van der Waals surface area contributed by atoms with Gasteiger partial charge in [-0.2, -0.15) is 0 Å². The van der Waals surface area contributed by atoms with E-state index in [0.29, 0.717) is 0 Å². The Balaban J connectivity index is 1.85. The number of hydrogen-bond acceptors (Lipinski definition) is 0. The minimum atomic E-state index is -1.88. The Kier molecular flexibility index (Phi) is 7.27. The van der Waals surface area contributed by atoms with Crippen molar-refractivity contribution in [1.82, 2.24) is 0 Å². The third-order valence-corrected chi connectivity index (χ3v) is 15.6. The Morgan fingerprint density at radius 3 is 1.56 bits per heavy atom. The molecular formula is C34H33AsSe. The maximum atomic E-state index is 2.45. The second kappa shape index (κ2) is 10.4. The van der Waals surface area contributed by atoms with Crippen LogP contribution in [0.2, 0.25) is 0 Å². The van der Waals surface area contributed by atoms with Crippen LogP contribution in [0.4, 0.5) is 0 Å². The van der Waals surface area contributed by atoms with E-state index in [4.69, 9.17) is 0 Å². The molecule has 0 N–H and O–H groups in total. The molecule has 2 heteroatoms. The van der Waals surface area contributed by atoms with Gasteiger partial charge in [-0.1, -0.05) is 0 Å². The molecule has 0 aromatic heterocycles. The third-order valence-electron chi connectivity index (χ3n) is 6.77. The summed E-state index contributed by atoms with van der Waals surface area (Å²) in [6, 6.07) is 34.5. The number of hydrogen-bond donors (Lipinski definition) is 0. The molecular weight excluding hydrogens is 562 g/mol. The van der Waals surface area contributed by atoms with E-state index in [0.717, 1.165) is 0 Å². The van der Waals surface area contributed by atoms with Gasteiger partial charge in [0.05, 0.1) is 0 Å². The van der Waals surface area contributed by atoms with E-state index in [-0.39, 0.29) is 15.0 Å². The van der Waals surface area contributed by atoms with Crippen LogP contribution in [-0.2, 0) is 0 Å². The number of aryl methyl sites for hydroxylation is 6. The molecule has 5 aromatic carbocycles. The molecule has 0 unspecified atom stereocenters. The van der Waals surface area contributed by atoms with Gasteiger partial charge in [-0.25, -0.2) is 0 Å².